The fraction of sp³-hybridized carbons (Fsp3) is 1.00. The van der Waals surface area contributed by atoms with Crippen LogP contribution in [0.3, 0.4) is 0 Å². The van der Waals surface area contributed by atoms with Crippen LogP contribution in [0.5, 0.6) is 0 Å². The first-order chi connectivity index (χ1) is 8.31. The highest BCUT2D eigenvalue weighted by atomic mass is 16.5. The molecule has 0 heterocycles. The Bertz CT molecular complexity index is 202. The van der Waals surface area contributed by atoms with E-state index in [0.717, 1.165) is 26.3 Å². The predicted molar refractivity (Wildman–Crippen MR) is 77.1 cm³/mol. The minimum absolute atomic E-state index is 0.135. The van der Waals surface area contributed by atoms with Crippen LogP contribution in [0.1, 0.15) is 34.6 Å². The second-order valence-electron chi connectivity index (χ2n) is 6.06. The number of ether oxygens (including phenoxy) is 2. The molecule has 4 heteroatoms. The molecule has 1 N–H and O–H groups in total. The summed E-state index contributed by atoms with van der Waals surface area (Å²) in [6.07, 6.45) is 0. The van der Waals surface area contributed by atoms with Gasteiger partial charge in [-0.05, 0) is 34.6 Å². The molecule has 18 heavy (non-hydrogen) atoms. The van der Waals surface area contributed by atoms with Crippen molar-refractivity contribution in [3.05, 3.63) is 0 Å². The molecule has 0 fully saturated rings. The van der Waals surface area contributed by atoms with E-state index in [9.17, 15) is 0 Å². The summed E-state index contributed by atoms with van der Waals surface area (Å²) in [6, 6.07) is 0.867. The lowest BCUT2D eigenvalue weighted by Gasteiger charge is -2.36. The third kappa shape index (κ3) is 8.03. The third-order valence-corrected chi connectivity index (χ3v) is 2.91. The maximum Gasteiger partial charge on any atom is 0.0630 e. The van der Waals surface area contributed by atoms with Crippen molar-refractivity contribution in [3.8, 4) is 0 Å². The zero-order chi connectivity index (χ0) is 14.2. The number of hydrogen-bond acceptors (Lipinski definition) is 4. The molecule has 0 aromatic carbocycles. The first-order valence-corrected chi connectivity index (χ1v) is 6.80. The smallest absolute Gasteiger partial charge is 0.0630 e. The summed E-state index contributed by atoms with van der Waals surface area (Å²) in [5.41, 5.74) is 0.135. The molecule has 1 unspecified atom stereocenters. The van der Waals surface area contributed by atoms with Crippen molar-refractivity contribution in [1.82, 2.24) is 10.2 Å². The van der Waals surface area contributed by atoms with Gasteiger partial charge in [-0.1, -0.05) is 0 Å². The average molecular weight is 260 g/mol. The fourth-order valence-electron chi connectivity index (χ4n) is 1.95. The monoisotopic (exact) mass is 260 g/mol. The van der Waals surface area contributed by atoms with Crippen LogP contribution in [-0.4, -0.2) is 63.0 Å². The van der Waals surface area contributed by atoms with Crippen LogP contribution in [0, 0.1) is 0 Å². The Labute approximate surface area is 113 Å². The summed E-state index contributed by atoms with van der Waals surface area (Å²) in [5.74, 6) is 0. The Morgan fingerprint density at radius 2 is 1.72 bits per heavy atom. The van der Waals surface area contributed by atoms with Crippen molar-refractivity contribution in [2.45, 2.75) is 52.2 Å². The predicted octanol–water partition coefficient (Wildman–Crippen LogP) is 1.75. The number of rotatable bonds is 9. The van der Waals surface area contributed by atoms with Gasteiger partial charge in [0.15, 0.2) is 0 Å². The second kappa shape index (κ2) is 8.86. The van der Waals surface area contributed by atoms with E-state index in [2.05, 4.69) is 44.8 Å². The molecular formula is C14H32N2O2. The lowest BCUT2D eigenvalue weighted by molar-refractivity contribution is 0.0458. The lowest BCUT2D eigenvalue weighted by atomic mass is 10.1. The van der Waals surface area contributed by atoms with Crippen molar-refractivity contribution < 1.29 is 9.47 Å². The van der Waals surface area contributed by atoms with Crippen molar-refractivity contribution in [2.24, 2.45) is 0 Å². The van der Waals surface area contributed by atoms with E-state index in [1.165, 1.54) is 0 Å². The first-order valence-electron chi connectivity index (χ1n) is 6.80. The molecule has 0 aromatic rings. The maximum atomic E-state index is 5.36. The zero-order valence-electron chi connectivity index (χ0n) is 13.2. The van der Waals surface area contributed by atoms with Crippen LogP contribution in [0.2, 0.25) is 0 Å². The Hall–Kier alpha value is -0.160. The Balaban J connectivity index is 4.48. The zero-order valence-corrected chi connectivity index (χ0v) is 13.2. The van der Waals surface area contributed by atoms with Crippen molar-refractivity contribution in [2.75, 3.05) is 40.5 Å². The third-order valence-electron chi connectivity index (χ3n) is 2.91. The molecule has 0 amide bonds. The van der Waals surface area contributed by atoms with Gasteiger partial charge in [0, 0.05) is 44.9 Å². The summed E-state index contributed by atoms with van der Waals surface area (Å²) in [4.78, 5) is 2.44. The highest BCUT2D eigenvalue weighted by molar-refractivity contribution is 4.80. The molecule has 0 spiro atoms. The second-order valence-corrected chi connectivity index (χ2v) is 6.06. The molecule has 0 aliphatic rings. The maximum absolute atomic E-state index is 5.36. The topological polar surface area (TPSA) is 33.7 Å². The van der Waals surface area contributed by atoms with Crippen molar-refractivity contribution in [3.63, 3.8) is 0 Å². The van der Waals surface area contributed by atoms with E-state index >= 15 is 0 Å². The van der Waals surface area contributed by atoms with Gasteiger partial charge >= 0.3 is 0 Å². The Morgan fingerprint density at radius 3 is 2.11 bits per heavy atom. The van der Waals surface area contributed by atoms with Gasteiger partial charge in [-0.15, -0.1) is 0 Å². The molecule has 0 aromatic heterocycles. The van der Waals surface area contributed by atoms with Gasteiger partial charge in [-0.3, -0.25) is 4.90 Å². The van der Waals surface area contributed by atoms with Crippen LogP contribution < -0.4 is 5.32 Å². The minimum Gasteiger partial charge on any atom is -0.383 e. The van der Waals surface area contributed by atoms with Gasteiger partial charge in [0.25, 0.3) is 0 Å². The van der Waals surface area contributed by atoms with Gasteiger partial charge in [0.2, 0.25) is 0 Å². The normalized spacial score (nSPS) is 14.5. The molecule has 110 valence electrons. The molecule has 0 saturated carbocycles. The quantitative estimate of drug-likeness (QED) is 0.685. The van der Waals surface area contributed by atoms with Crippen LogP contribution in [0.15, 0.2) is 0 Å². The fourth-order valence-corrected chi connectivity index (χ4v) is 1.95. The highest BCUT2D eigenvalue weighted by Crippen LogP contribution is 2.08. The molecule has 0 saturated heterocycles. The van der Waals surface area contributed by atoms with E-state index in [4.69, 9.17) is 9.47 Å². The Kier molecular flexibility index (Phi) is 8.78. The van der Waals surface area contributed by atoms with E-state index in [1.807, 2.05) is 0 Å². The molecule has 0 radical (unpaired) electrons. The standard InChI is InChI=1S/C14H32N2O2/c1-12(2)16(8-9-17-6)13(11-18-7)10-15-14(3,4)5/h12-13,15H,8-11H2,1-7H3. The van der Waals surface area contributed by atoms with Gasteiger partial charge in [-0.2, -0.15) is 0 Å². The Morgan fingerprint density at radius 1 is 1.11 bits per heavy atom. The SMILES string of the molecule is COCCN(C(C)C)C(CNC(C)(C)C)COC. The first kappa shape index (κ1) is 17.8. The highest BCUT2D eigenvalue weighted by Gasteiger charge is 2.22. The number of hydrogen-bond donors (Lipinski definition) is 1. The van der Waals surface area contributed by atoms with Crippen molar-refractivity contribution >= 4 is 0 Å². The average Bonchev–Trinajstić information content (AvgIpc) is 2.24. The van der Waals surface area contributed by atoms with E-state index in [-0.39, 0.29) is 5.54 Å². The number of nitrogens with zero attached hydrogens (tertiary/aromatic N) is 1. The van der Waals surface area contributed by atoms with Crippen molar-refractivity contribution in [1.29, 1.82) is 0 Å². The van der Waals surface area contributed by atoms with E-state index in [1.54, 1.807) is 14.2 Å². The van der Waals surface area contributed by atoms with Gasteiger partial charge < -0.3 is 14.8 Å². The summed E-state index contributed by atoms with van der Waals surface area (Å²) in [5, 5.41) is 3.56. The molecule has 0 aliphatic heterocycles. The molecule has 1 atom stereocenters. The molecule has 4 nitrogen and oxygen atoms in total. The van der Waals surface area contributed by atoms with Gasteiger partial charge in [0.05, 0.1) is 13.2 Å². The summed E-state index contributed by atoms with van der Waals surface area (Å²) >= 11 is 0. The van der Waals surface area contributed by atoms with Crippen LogP contribution >= 0.6 is 0 Å². The number of methoxy groups -OCH3 is 2. The molecular weight excluding hydrogens is 228 g/mol. The number of nitrogens with one attached hydrogen (secondary N) is 1. The van der Waals surface area contributed by atoms with Gasteiger partial charge in [-0.25, -0.2) is 0 Å². The largest absolute Gasteiger partial charge is 0.383 e. The lowest BCUT2D eigenvalue weighted by Crippen LogP contribution is -2.52. The van der Waals surface area contributed by atoms with Crippen LogP contribution in [0.25, 0.3) is 0 Å². The molecule has 0 aliphatic carbocycles. The van der Waals surface area contributed by atoms with Crippen LogP contribution in [-0.2, 0) is 9.47 Å². The summed E-state index contributed by atoms with van der Waals surface area (Å²) in [7, 11) is 3.51. The molecule has 0 rings (SSSR count). The molecule has 0 bridgehead atoms. The minimum atomic E-state index is 0.135. The summed E-state index contributed by atoms with van der Waals surface area (Å²) in [6.45, 7) is 14.4. The van der Waals surface area contributed by atoms with Gasteiger partial charge in [0.1, 0.15) is 0 Å². The van der Waals surface area contributed by atoms with E-state index in [0.29, 0.717) is 12.1 Å². The van der Waals surface area contributed by atoms with Crippen LogP contribution in [0.4, 0.5) is 0 Å². The summed E-state index contributed by atoms with van der Waals surface area (Å²) < 4.78 is 10.6. The van der Waals surface area contributed by atoms with E-state index < -0.39 is 0 Å².